The molecule has 1 fully saturated rings. The summed E-state index contributed by atoms with van der Waals surface area (Å²) in [7, 11) is 0.781. The molecule has 10 nitrogen and oxygen atoms in total. The van der Waals surface area contributed by atoms with E-state index in [4.69, 9.17) is 31.2 Å². The maximum Gasteiger partial charge on any atom is 0.257 e. The third-order valence-electron chi connectivity index (χ3n) is 4.87. The standard InChI is InChI=1S/C21H25N3O7S2/c1-28-17-12-14(13-18(29-2)19(17)30-3)20(25)23-21(32)22-15-4-6-16(7-5-15)33(26,27)24-8-10-31-11-9-24/h4-7,12-13H,8-11H2,1-3H3,(H2,22,23,25,32). The summed E-state index contributed by atoms with van der Waals surface area (Å²) in [5.74, 6) is 0.540. The largest absolute Gasteiger partial charge is 0.493 e. The minimum Gasteiger partial charge on any atom is -0.493 e. The molecule has 12 heteroatoms. The Hall–Kier alpha value is -2.93. The Bertz CT molecular complexity index is 1090. The van der Waals surface area contributed by atoms with Crippen LogP contribution in [0.1, 0.15) is 10.4 Å². The van der Waals surface area contributed by atoms with E-state index in [0.717, 1.165) is 0 Å². The van der Waals surface area contributed by atoms with Gasteiger partial charge in [0.1, 0.15) is 0 Å². The van der Waals surface area contributed by atoms with E-state index in [2.05, 4.69) is 10.6 Å². The molecule has 178 valence electrons. The van der Waals surface area contributed by atoms with E-state index in [1.807, 2.05) is 0 Å². The molecule has 2 aromatic carbocycles. The van der Waals surface area contributed by atoms with Crippen LogP contribution in [0.2, 0.25) is 0 Å². The second kappa shape index (κ2) is 10.8. The molecular formula is C21H25N3O7S2. The minimum absolute atomic E-state index is 0.0394. The third kappa shape index (κ3) is 5.71. The maximum atomic E-state index is 12.7. The first-order valence-electron chi connectivity index (χ1n) is 9.90. The van der Waals surface area contributed by atoms with E-state index in [1.54, 1.807) is 12.1 Å². The predicted octanol–water partition coefficient (Wildman–Crippen LogP) is 1.86. The normalized spacial score (nSPS) is 14.3. The van der Waals surface area contributed by atoms with Crippen molar-refractivity contribution < 1.29 is 32.2 Å². The van der Waals surface area contributed by atoms with Crippen molar-refractivity contribution in [2.24, 2.45) is 0 Å². The molecule has 0 unspecified atom stereocenters. The Morgan fingerprint density at radius 3 is 2.09 bits per heavy atom. The smallest absolute Gasteiger partial charge is 0.257 e. The number of amides is 1. The summed E-state index contributed by atoms with van der Waals surface area (Å²) < 4.78 is 47.8. The number of methoxy groups -OCH3 is 3. The number of rotatable bonds is 7. The number of sulfonamides is 1. The van der Waals surface area contributed by atoms with Gasteiger partial charge in [0.05, 0.1) is 39.4 Å². The summed E-state index contributed by atoms with van der Waals surface area (Å²) in [5.41, 5.74) is 0.770. The molecule has 0 spiro atoms. The lowest BCUT2D eigenvalue weighted by molar-refractivity contribution is 0.0730. The van der Waals surface area contributed by atoms with Crippen LogP contribution in [0.15, 0.2) is 41.3 Å². The molecule has 2 aromatic rings. The maximum absolute atomic E-state index is 12.7. The topological polar surface area (TPSA) is 115 Å². The molecular weight excluding hydrogens is 470 g/mol. The average Bonchev–Trinajstić information content (AvgIpc) is 2.83. The van der Waals surface area contributed by atoms with Crippen molar-refractivity contribution >= 4 is 38.9 Å². The van der Waals surface area contributed by atoms with E-state index in [1.165, 1.54) is 49.9 Å². The lowest BCUT2D eigenvalue weighted by atomic mass is 10.1. The molecule has 33 heavy (non-hydrogen) atoms. The van der Waals surface area contributed by atoms with Crippen molar-refractivity contribution in [2.45, 2.75) is 4.90 Å². The van der Waals surface area contributed by atoms with Gasteiger partial charge < -0.3 is 24.3 Å². The Kier molecular flexibility index (Phi) is 8.08. The number of ether oxygens (including phenoxy) is 4. The minimum atomic E-state index is -3.59. The van der Waals surface area contributed by atoms with Gasteiger partial charge in [-0.15, -0.1) is 0 Å². The fraction of sp³-hybridized carbons (Fsp3) is 0.333. The number of nitrogens with zero attached hydrogens (tertiary/aromatic N) is 1. The van der Waals surface area contributed by atoms with Crippen LogP contribution in [0.3, 0.4) is 0 Å². The van der Waals surface area contributed by atoms with Gasteiger partial charge in [0.15, 0.2) is 16.6 Å². The fourth-order valence-corrected chi connectivity index (χ4v) is 4.81. The lowest BCUT2D eigenvalue weighted by Crippen LogP contribution is -2.40. The number of benzene rings is 2. The summed E-state index contributed by atoms with van der Waals surface area (Å²) in [6, 6.07) is 9.12. The number of anilines is 1. The molecule has 2 N–H and O–H groups in total. The van der Waals surface area contributed by atoms with Crippen molar-refractivity contribution in [3.05, 3.63) is 42.0 Å². The van der Waals surface area contributed by atoms with Gasteiger partial charge in [0.2, 0.25) is 15.8 Å². The molecule has 1 aliphatic heterocycles. The quantitative estimate of drug-likeness (QED) is 0.555. The van der Waals surface area contributed by atoms with Gasteiger partial charge in [-0.1, -0.05) is 0 Å². The fourth-order valence-electron chi connectivity index (χ4n) is 3.20. The summed E-state index contributed by atoms with van der Waals surface area (Å²) in [4.78, 5) is 12.8. The van der Waals surface area contributed by atoms with Crippen LogP contribution in [0.25, 0.3) is 0 Å². The first-order valence-corrected chi connectivity index (χ1v) is 11.7. The summed E-state index contributed by atoms with van der Waals surface area (Å²) >= 11 is 5.22. The zero-order chi connectivity index (χ0) is 24.0. The highest BCUT2D eigenvalue weighted by atomic mass is 32.2. The average molecular weight is 496 g/mol. The first kappa shape index (κ1) is 24.7. The number of carbonyl (C=O) groups is 1. The van der Waals surface area contributed by atoms with Gasteiger partial charge >= 0.3 is 0 Å². The Morgan fingerprint density at radius 2 is 1.58 bits per heavy atom. The van der Waals surface area contributed by atoms with Crippen LogP contribution < -0.4 is 24.8 Å². The molecule has 0 aromatic heterocycles. The molecule has 1 aliphatic rings. The van der Waals surface area contributed by atoms with E-state index in [0.29, 0.717) is 49.2 Å². The van der Waals surface area contributed by atoms with E-state index in [9.17, 15) is 13.2 Å². The van der Waals surface area contributed by atoms with Crippen molar-refractivity contribution in [3.63, 3.8) is 0 Å². The van der Waals surface area contributed by atoms with Crippen molar-refractivity contribution in [1.82, 2.24) is 9.62 Å². The third-order valence-corrected chi connectivity index (χ3v) is 6.99. The molecule has 1 heterocycles. The number of hydrogen-bond acceptors (Lipinski definition) is 8. The number of carbonyl (C=O) groups excluding carboxylic acids is 1. The molecule has 0 bridgehead atoms. The zero-order valence-corrected chi connectivity index (χ0v) is 20.0. The van der Waals surface area contributed by atoms with Crippen molar-refractivity contribution in [3.8, 4) is 17.2 Å². The number of nitrogens with one attached hydrogen (secondary N) is 2. The summed E-state index contributed by atoms with van der Waals surface area (Å²) in [6.45, 7) is 1.39. The summed E-state index contributed by atoms with van der Waals surface area (Å²) in [5, 5.41) is 5.47. The molecule has 1 amide bonds. The number of hydrogen-bond donors (Lipinski definition) is 2. The van der Waals surface area contributed by atoms with Crippen LogP contribution in [0.4, 0.5) is 5.69 Å². The van der Waals surface area contributed by atoms with Crippen LogP contribution in [-0.2, 0) is 14.8 Å². The van der Waals surface area contributed by atoms with E-state index >= 15 is 0 Å². The van der Waals surface area contributed by atoms with Crippen LogP contribution in [-0.4, -0.2) is 71.4 Å². The van der Waals surface area contributed by atoms with Gasteiger partial charge in [0.25, 0.3) is 5.91 Å². The highest BCUT2D eigenvalue weighted by Crippen LogP contribution is 2.38. The molecule has 0 aliphatic carbocycles. The SMILES string of the molecule is COc1cc(C(=O)NC(=S)Nc2ccc(S(=O)(=O)N3CCOCC3)cc2)cc(OC)c1OC. The first-order chi connectivity index (χ1) is 15.8. The number of thiocarbonyl (C=S) groups is 1. The summed E-state index contributed by atoms with van der Waals surface area (Å²) in [6.07, 6.45) is 0. The van der Waals surface area contributed by atoms with E-state index in [-0.39, 0.29) is 15.6 Å². The van der Waals surface area contributed by atoms with Crippen LogP contribution >= 0.6 is 12.2 Å². The highest BCUT2D eigenvalue weighted by Gasteiger charge is 2.26. The van der Waals surface area contributed by atoms with Crippen LogP contribution in [0, 0.1) is 0 Å². The monoisotopic (exact) mass is 495 g/mol. The number of morpholine rings is 1. The Labute approximate surface area is 197 Å². The second-order valence-electron chi connectivity index (χ2n) is 6.86. The molecule has 0 saturated carbocycles. The van der Waals surface area contributed by atoms with Gasteiger partial charge in [-0.05, 0) is 48.6 Å². The second-order valence-corrected chi connectivity index (χ2v) is 9.21. The van der Waals surface area contributed by atoms with Crippen molar-refractivity contribution in [1.29, 1.82) is 0 Å². The molecule has 3 rings (SSSR count). The van der Waals surface area contributed by atoms with Crippen LogP contribution in [0.5, 0.6) is 17.2 Å². The lowest BCUT2D eigenvalue weighted by Gasteiger charge is -2.26. The zero-order valence-electron chi connectivity index (χ0n) is 18.4. The highest BCUT2D eigenvalue weighted by molar-refractivity contribution is 7.89. The molecule has 0 radical (unpaired) electrons. The Balaban J connectivity index is 1.67. The molecule has 0 atom stereocenters. The van der Waals surface area contributed by atoms with Crippen molar-refractivity contribution in [2.75, 3.05) is 52.9 Å². The van der Waals surface area contributed by atoms with Gasteiger partial charge in [-0.25, -0.2) is 8.42 Å². The molecule has 1 saturated heterocycles. The Morgan fingerprint density at radius 1 is 1.00 bits per heavy atom. The predicted molar refractivity (Wildman–Crippen MR) is 126 cm³/mol. The van der Waals surface area contributed by atoms with Gasteiger partial charge in [-0.3, -0.25) is 10.1 Å². The van der Waals surface area contributed by atoms with Gasteiger partial charge in [0, 0.05) is 24.3 Å². The van der Waals surface area contributed by atoms with Gasteiger partial charge in [-0.2, -0.15) is 4.31 Å². The van der Waals surface area contributed by atoms with E-state index < -0.39 is 15.9 Å².